The van der Waals surface area contributed by atoms with Crippen LogP contribution in [0, 0.1) is 0 Å². The lowest BCUT2D eigenvalue weighted by atomic mass is 10.1. The third-order valence-electron chi connectivity index (χ3n) is 3.02. The van der Waals surface area contributed by atoms with Crippen molar-refractivity contribution in [1.29, 1.82) is 0 Å². The third-order valence-corrected chi connectivity index (χ3v) is 3.02. The summed E-state index contributed by atoms with van der Waals surface area (Å²) in [7, 11) is 0. The van der Waals surface area contributed by atoms with Crippen LogP contribution in [0.3, 0.4) is 0 Å². The number of aromatic nitrogens is 1. The zero-order valence-electron chi connectivity index (χ0n) is 9.93. The number of nitrogens with zero attached hydrogens (tertiary/aromatic N) is 2. The number of piperazine rings is 1. The maximum Gasteiger partial charge on any atom is 0.128 e. The maximum absolute atomic E-state index is 5.87. The molecule has 1 fully saturated rings. The monoisotopic (exact) mass is 278 g/mol. The highest BCUT2D eigenvalue weighted by Gasteiger charge is 2.19. The fourth-order valence-corrected chi connectivity index (χ4v) is 2.05. The first-order valence-corrected chi connectivity index (χ1v) is 5.44. The molecule has 6 heteroatoms. The van der Waals surface area contributed by atoms with Gasteiger partial charge in [-0.2, -0.15) is 0 Å². The van der Waals surface area contributed by atoms with Crippen molar-refractivity contribution in [3.05, 3.63) is 23.9 Å². The van der Waals surface area contributed by atoms with Gasteiger partial charge in [-0.3, -0.25) is 4.90 Å². The number of nitrogens with two attached hydrogens (primary N) is 1. The predicted molar refractivity (Wildman–Crippen MR) is 76.0 cm³/mol. The zero-order valence-corrected chi connectivity index (χ0v) is 11.6. The van der Waals surface area contributed by atoms with E-state index in [1.165, 1.54) is 0 Å². The van der Waals surface area contributed by atoms with Gasteiger partial charge in [0.05, 0.1) is 0 Å². The normalized spacial score (nSPS) is 17.7. The summed E-state index contributed by atoms with van der Waals surface area (Å²) in [5, 5.41) is 3.35. The Morgan fingerprint density at radius 3 is 2.59 bits per heavy atom. The van der Waals surface area contributed by atoms with E-state index in [0.29, 0.717) is 11.9 Å². The fourth-order valence-electron chi connectivity index (χ4n) is 2.05. The molecule has 0 spiro atoms. The van der Waals surface area contributed by atoms with Gasteiger partial charge in [-0.15, -0.1) is 24.8 Å². The average Bonchev–Trinajstić information content (AvgIpc) is 2.30. The standard InChI is InChI=1S/C11H18N4.2ClH/c1-9(15-7-5-13-6-8-15)10-3-2-4-14-11(10)12;;/h2-4,9,13H,5-8H2,1H3,(H2,12,14);2*1H/t9-;;/m0../s1. The van der Waals surface area contributed by atoms with E-state index >= 15 is 0 Å². The molecule has 17 heavy (non-hydrogen) atoms. The van der Waals surface area contributed by atoms with Crippen LogP contribution in [0.15, 0.2) is 18.3 Å². The minimum absolute atomic E-state index is 0. The summed E-state index contributed by atoms with van der Waals surface area (Å²) in [6.45, 7) is 6.47. The summed E-state index contributed by atoms with van der Waals surface area (Å²) in [4.78, 5) is 6.56. The molecule has 1 aromatic heterocycles. The van der Waals surface area contributed by atoms with Crippen LogP contribution in [-0.4, -0.2) is 36.1 Å². The van der Waals surface area contributed by atoms with Crippen LogP contribution in [0.25, 0.3) is 0 Å². The lowest BCUT2D eigenvalue weighted by Crippen LogP contribution is -2.44. The van der Waals surface area contributed by atoms with Crippen LogP contribution in [0.2, 0.25) is 0 Å². The van der Waals surface area contributed by atoms with Gasteiger partial charge in [-0.1, -0.05) is 6.07 Å². The summed E-state index contributed by atoms with van der Waals surface area (Å²) in [6, 6.07) is 4.38. The van der Waals surface area contributed by atoms with Crippen LogP contribution < -0.4 is 11.1 Å². The first-order chi connectivity index (χ1) is 7.29. The summed E-state index contributed by atoms with van der Waals surface area (Å²) in [5.41, 5.74) is 7.01. The van der Waals surface area contributed by atoms with E-state index in [9.17, 15) is 0 Å². The summed E-state index contributed by atoms with van der Waals surface area (Å²) >= 11 is 0. The molecule has 1 aliphatic heterocycles. The largest absolute Gasteiger partial charge is 0.383 e. The van der Waals surface area contributed by atoms with E-state index in [-0.39, 0.29) is 24.8 Å². The Labute approximate surface area is 115 Å². The zero-order chi connectivity index (χ0) is 10.7. The Morgan fingerprint density at radius 2 is 2.00 bits per heavy atom. The van der Waals surface area contributed by atoms with Crippen LogP contribution in [0.1, 0.15) is 18.5 Å². The average molecular weight is 279 g/mol. The third kappa shape index (κ3) is 4.00. The number of pyridine rings is 1. The van der Waals surface area contributed by atoms with Gasteiger partial charge >= 0.3 is 0 Å². The summed E-state index contributed by atoms with van der Waals surface area (Å²) < 4.78 is 0. The summed E-state index contributed by atoms with van der Waals surface area (Å²) in [6.07, 6.45) is 1.74. The van der Waals surface area contributed by atoms with E-state index in [1.807, 2.05) is 6.07 Å². The second kappa shape index (κ2) is 7.71. The number of nitrogens with one attached hydrogen (secondary N) is 1. The number of hydrogen-bond donors (Lipinski definition) is 2. The van der Waals surface area contributed by atoms with Gasteiger partial charge in [0.1, 0.15) is 5.82 Å². The van der Waals surface area contributed by atoms with E-state index < -0.39 is 0 Å². The fraction of sp³-hybridized carbons (Fsp3) is 0.545. The van der Waals surface area contributed by atoms with Gasteiger partial charge in [0.25, 0.3) is 0 Å². The molecule has 0 saturated carbocycles. The smallest absolute Gasteiger partial charge is 0.128 e. The first-order valence-electron chi connectivity index (χ1n) is 5.44. The van der Waals surface area contributed by atoms with Crippen LogP contribution >= 0.6 is 24.8 Å². The number of anilines is 1. The lowest BCUT2D eigenvalue weighted by molar-refractivity contribution is 0.186. The second-order valence-corrected chi connectivity index (χ2v) is 3.94. The molecule has 1 aliphatic rings. The van der Waals surface area contributed by atoms with Gasteiger partial charge in [-0.25, -0.2) is 4.98 Å². The van der Waals surface area contributed by atoms with Gasteiger partial charge in [-0.05, 0) is 13.0 Å². The molecule has 4 nitrogen and oxygen atoms in total. The van der Waals surface area contributed by atoms with Crippen molar-refractivity contribution in [2.24, 2.45) is 0 Å². The van der Waals surface area contributed by atoms with Crippen molar-refractivity contribution in [1.82, 2.24) is 15.2 Å². The maximum atomic E-state index is 5.87. The lowest BCUT2D eigenvalue weighted by Gasteiger charge is -2.33. The van der Waals surface area contributed by atoms with Crippen LogP contribution in [-0.2, 0) is 0 Å². The van der Waals surface area contributed by atoms with Crippen molar-refractivity contribution in [2.75, 3.05) is 31.9 Å². The van der Waals surface area contributed by atoms with Crippen LogP contribution in [0.4, 0.5) is 5.82 Å². The minimum Gasteiger partial charge on any atom is -0.383 e. The van der Waals surface area contributed by atoms with E-state index in [2.05, 4.69) is 28.2 Å². The Kier molecular flexibility index (Phi) is 7.46. The highest BCUT2D eigenvalue weighted by molar-refractivity contribution is 5.85. The molecule has 2 heterocycles. The number of nitrogen functional groups attached to an aromatic ring is 1. The van der Waals surface area contributed by atoms with Gasteiger partial charge < -0.3 is 11.1 Å². The quantitative estimate of drug-likeness (QED) is 0.861. The molecule has 0 amide bonds. The predicted octanol–water partition coefficient (Wildman–Crippen LogP) is 1.47. The molecular weight excluding hydrogens is 259 g/mol. The van der Waals surface area contributed by atoms with Gasteiger partial charge in [0.15, 0.2) is 0 Å². The number of hydrogen-bond acceptors (Lipinski definition) is 4. The van der Waals surface area contributed by atoms with Crippen molar-refractivity contribution < 1.29 is 0 Å². The molecule has 1 saturated heterocycles. The number of rotatable bonds is 2. The Bertz CT molecular complexity index is 329. The topological polar surface area (TPSA) is 54.2 Å². The SMILES string of the molecule is C[C@@H](c1cccnc1N)N1CCNCC1.Cl.Cl. The van der Waals surface area contributed by atoms with Crippen molar-refractivity contribution in [2.45, 2.75) is 13.0 Å². The molecule has 0 unspecified atom stereocenters. The molecule has 1 aromatic rings. The molecule has 0 bridgehead atoms. The van der Waals surface area contributed by atoms with Crippen molar-refractivity contribution in [3.8, 4) is 0 Å². The molecule has 2 rings (SSSR count). The Balaban J connectivity index is 0.00000128. The van der Waals surface area contributed by atoms with E-state index in [0.717, 1.165) is 31.7 Å². The molecular formula is C11H20Cl2N4. The van der Waals surface area contributed by atoms with Gasteiger partial charge in [0.2, 0.25) is 0 Å². The van der Waals surface area contributed by atoms with Crippen molar-refractivity contribution >= 4 is 30.6 Å². The van der Waals surface area contributed by atoms with E-state index in [4.69, 9.17) is 5.73 Å². The molecule has 0 aliphatic carbocycles. The van der Waals surface area contributed by atoms with Crippen molar-refractivity contribution in [3.63, 3.8) is 0 Å². The Hall–Kier alpha value is -0.550. The van der Waals surface area contributed by atoms with E-state index in [1.54, 1.807) is 6.20 Å². The molecule has 0 aromatic carbocycles. The molecule has 3 N–H and O–H groups in total. The molecule has 1 atom stereocenters. The molecule has 0 radical (unpaired) electrons. The Morgan fingerprint density at radius 1 is 1.35 bits per heavy atom. The van der Waals surface area contributed by atoms with Crippen LogP contribution in [0.5, 0.6) is 0 Å². The van der Waals surface area contributed by atoms with Gasteiger partial charge in [0, 0.05) is 44.0 Å². The highest BCUT2D eigenvalue weighted by atomic mass is 35.5. The second-order valence-electron chi connectivity index (χ2n) is 3.94. The first kappa shape index (κ1) is 16.4. The highest BCUT2D eigenvalue weighted by Crippen LogP contribution is 2.23. The summed E-state index contributed by atoms with van der Waals surface area (Å²) in [5.74, 6) is 0.656. The molecule has 98 valence electrons. The number of halogens is 2. The minimum atomic E-state index is 0.